The van der Waals surface area contributed by atoms with E-state index in [2.05, 4.69) is 42.4 Å². The van der Waals surface area contributed by atoms with Crippen molar-refractivity contribution < 1.29 is 4.39 Å². The van der Waals surface area contributed by atoms with Crippen LogP contribution in [0.15, 0.2) is 0 Å². The topological polar surface area (TPSA) is 9.72 Å². The molecule has 3 rings (SSSR count). The number of rotatable bonds is 5. The molecular formula is C20H38FN3. The van der Waals surface area contributed by atoms with E-state index in [-0.39, 0.29) is 0 Å². The van der Waals surface area contributed by atoms with Gasteiger partial charge in [-0.2, -0.15) is 0 Å². The van der Waals surface area contributed by atoms with Gasteiger partial charge in [0.15, 0.2) is 0 Å². The van der Waals surface area contributed by atoms with Gasteiger partial charge in [0.1, 0.15) is 5.67 Å². The molecular weight excluding hydrogens is 301 g/mol. The van der Waals surface area contributed by atoms with E-state index >= 15 is 4.39 Å². The third kappa shape index (κ3) is 4.31. The summed E-state index contributed by atoms with van der Waals surface area (Å²) < 4.78 is 15.2. The van der Waals surface area contributed by atoms with Crippen LogP contribution in [0.25, 0.3) is 0 Å². The fraction of sp³-hybridized carbons (Fsp3) is 1.00. The van der Waals surface area contributed by atoms with E-state index in [0.717, 1.165) is 57.1 Å². The number of hydrogen-bond acceptors (Lipinski definition) is 3. The van der Waals surface area contributed by atoms with Crippen molar-refractivity contribution in [1.82, 2.24) is 14.7 Å². The maximum atomic E-state index is 15.2. The molecule has 2 saturated heterocycles. The molecule has 1 aliphatic carbocycles. The largest absolute Gasteiger partial charge is 0.301 e. The molecule has 4 heteroatoms. The molecule has 2 aliphatic heterocycles. The monoisotopic (exact) mass is 339 g/mol. The number of halogens is 1. The van der Waals surface area contributed by atoms with Crippen LogP contribution in [-0.2, 0) is 0 Å². The van der Waals surface area contributed by atoms with Crippen molar-refractivity contribution in [2.75, 3.05) is 45.8 Å². The summed E-state index contributed by atoms with van der Waals surface area (Å²) in [6, 6.07) is 1.36. The lowest BCUT2D eigenvalue weighted by Crippen LogP contribution is -2.57. The van der Waals surface area contributed by atoms with Crippen molar-refractivity contribution in [2.24, 2.45) is 11.8 Å². The van der Waals surface area contributed by atoms with Crippen molar-refractivity contribution in [1.29, 1.82) is 0 Å². The zero-order valence-electron chi connectivity index (χ0n) is 16.3. The number of nitrogens with zero attached hydrogens (tertiary/aromatic N) is 3. The standard InChI is InChI=1S/C20H38FN3/c1-16(2)18-13-19(14-18)24-11-9-22(10-12-24)15-20(21)5-7-23(8-6-20)17(3)4/h16-19H,5-15H2,1-4H3. The number of hydrogen-bond donors (Lipinski definition) is 0. The van der Waals surface area contributed by atoms with Gasteiger partial charge in [0.2, 0.25) is 0 Å². The number of alkyl halides is 1. The maximum Gasteiger partial charge on any atom is 0.126 e. The van der Waals surface area contributed by atoms with E-state index in [1.807, 2.05) is 0 Å². The van der Waals surface area contributed by atoms with Crippen LogP contribution in [0.1, 0.15) is 53.4 Å². The number of piperidine rings is 1. The fourth-order valence-corrected chi connectivity index (χ4v) is 4.76. The first-order valence-electron chi connectivity index (χ1n) is 10.3. The molecule has 1 saturated carbocycles. The highest BCUT2D eigenvalue weighted by atomic mass is 19.1. The normalized spacial score (nSPS) is 33.1. The minimum Gasteiger partial charge on any atom is -0.301 e. The zero-order chi connectivity index (χ0) is 17.3. The Morgan fingerprint density at radius 3 is 2.00 bits per heavy atom. The minimum absolute atomic E-state index is 0.551. The van der Waals surface area contributed by atoms with Gasteiger partial charge in [0.05, 0.1) is 0 Å². The molecule has 0 aromatic heterocycles. The van der Waals surface area contributed by atoms with Gasteiger partial charge in [-0.05, 0) is 51.4 Å². The van der Waals surface area contributed by atoms with E-state index in [9.17, 15) is 0 Å². The summed E-state index contributed by atoms with van der Waals surface area (Å²) in [4.78, 5) is 7.47. The maximum absolute atomic E-state index is 15.2. The molecule has 0 spiro atoms. The van der Waals surface area contributed by atoms with Crippen LogP contribution in [-0.4, -0.2) is 78.3 Å². The Labute approximate surface area is 148 Å². The zero-order valence-corrected chi connectivity index (χ0v) is 16.3. The Balaban J connectivity index is 1.38. The van der Waals surface area contributed by atoms with E-state index < -0.39 is 5.67 Å². The smallest absolute Gasteiger partial charge is 0.126 e. The summed E-state index contributed by atoms with van der Waals surface area (Å²) in [7, 11) is 0. The minimum atomic E-state index is -0.952. The SMILES string of the molecule is CC(C)C1CC(N2CCN(CC3(F)CCN(C(C)C)CC3)CC2)C1. The second-order valence-corrected chi connectivity index (χ2v) is 9.22. The van der Waals surface area contributed by atoms with Gasteiger partial charge in [0.25, 0.3) is 0 Å². The molecule has 24 heavy (non-hydrogen) atoms. The summed E-state index contributed by atoms with van der Waals surface area (Å²) in [5.41, 5.74) is -0.952. The van der Waals surface area contributed by atoms with Crippen LogP contribution in [0.3, 0.4) is 0 Å². The molecule has 0 amide bonds. The van der Waals surface area contributed by atoms with Crippen LogP contribution in [0, 0.1) is 11.8 Å². The van der Waals surface area contributed by atoms with E-state index in [4.69, 9.17) is 0 Å². The molecule has 0 atom stereocenters. The van der Waals surface area contributed by atoms with Gasteiger partial charge in [0, 0.05) is 57.9 Å². The molecule has 0 unspecified atom stereocenters. The lowest BCUT2D eigenvalue weighted by atomic mass is 9.73. The predicted molar refractivity (Wildman–Crippen MR) is 99.1 cm³/mol. The van der Waals surface area contributed by atoms with Crippen molar-refractivity contribution in [3.05, 3.63) is 0 Å². The van der Waals surface area contributed by atoms with Crippen LogP contribution in [0.2, 0.25) is 0 Å². The van der Waals surface area contributed by atoms with Gasteiger partial charge < -0.3 is 4.90 Å². The van der Waals surface area contributed by atoms with Gasteiger partial charge >= 0.3 is 0 Å². The highest BCUT2D eigenvalue weighted by Crippen LogP contribution is 2.37. The molecule has 140 valence electrons. The fourth-order valence-electron chi connectivity index (χ4n) is 4.76. The quantitative estimate of drug-likeness (QED) is 0.761. The van der Waals surface area contributed by atoms with Crippen LogP contribution in [0.4, 0.5) is 4.39 Å². The first-order valence-corrected chi connectivity index (χ1v) is 10.3. The molecule has 0 bridgehead atoms. The van der Waals surface area contributed by atoms with Gasteiger partial charge in [-0.3, -0.25) is 9.80 Å². The van der Waals surface area contributed by atoms with Crippen LogP contribution >= 0.6 is 0 Å². The second-order valence-electron chi connectivity index (χ2n) is 9.22. The second kappa shape index (κ2) is 7.59. The third-order valence-corrected chi connectivity index (χ3v) is 6.95. The van der Waals surface area contributed by atoms with Gasteiger partial charge in [-0.1, -0.05) is 13.8 Å². The molecule has 2 heterocycles. The lowest BCUT2D eigenvalue weighted by molar-refractivity contribution is -0.0178. The summed E-state index contributed by atoms with van der Waals surface area (Å²) >= 11 is 0. The van der Waals surface area contributed by atoms with Gasteiger partial charge in [-0.15, -0.1) is 0 Å². The van der Waals surface area contributed by atoms with Crippen molar-refractivity contribution in [2.45, 2.75) is 71.1 Å². The van der Waals surface area contributed by atoms with Crippen molar-refractivity contribution in [3.8, 4) is 0 Å². The third-order valence-electron chi connectivity index (χ3n) is 6.95. The predicted octanol–water partition coefficient (Wildman–Crippen LogP) is 3.25. The summed E-state index contributed by atoms with van der Waals surface area (Å²) in [5.74, 6) is 1.78. The first-order chi connectivity index (χ1) is 11.4. The van der Waals surface area contributed by atoms with Crippen LogP contribution in [0.5, 0.6) is 0 Å². The average molecular weight is 340 g/mol. The summed E-state index contributed by atoms with van der Waals surface area (Å²) in [5, 5.41) is 0. The molecule has 0 aromatic carbocycles. The highest BCUT2D eigenvalue weighted by Gasteiger charge is 2.39. The molecule has 3 nitrogen and oxygen atoms in total. The average Bonchev–Trinajstić information content (AvgIpc) is 2.47. The Bertz CT molecular complexity index is 390. The molecule has 0 radical (unpaired) electrons. The molecule has 3 aliphatic rings. The lowest BCUT2D eigenvalue weighted by Gasteiger charge is -2.48. The van der Waals surface area contributed by atoms with Crippen LogP contribution < -0.4 is 0 Å². The van der Waals surface area contributed by atoms with Crippen molar-refractivity contribution in [3.63, 3.8) is 0 Å². The van der Waals surface area contributed by atoms with Crippen molar-refractivity contribution >= 4 is 0 Å². The van der Waals surface area contributed by atoms with E-state index in [0.29, 0.717) is 25.4 Å². The number of piperazine rings is 1. The Kier molecular flexibility index (Phi) is 5.88. The Morgan fingerprint density at radius 2 is 1.50 bits per heavy atom. The first kappa shape index (κ1) is 18.6. The summed E-state index contributed by atoms with van der Waals surface area (Å²) in [6.45, 7) is 16.0. The molecule has 0 N–H and O–H groups in total. The summed E-state index contributed by atoms with van der Waals surface area (Å²) in [6.07, 6.45) is 4.19. The number of likely N-dealkylation sites (tertiary alicyclic amines) is 1. The van der Waals surface area contributed by atoms with E-state index in [1.54, 1.807) is 0 Å². The van der Waals surface area contributed by atoms with E-state index in [1.165, 1.54) is 12.8 Å². The Hall–Kier alpha value is -0.190. The molecule has 0 aromatic rings. The Morgan fingerprint density at radius 1 is 0.917 bits per heavy atom. The molecule has 3 fully saturated rings. The van der Waals surface area contributed by atoms with Gasteiger partial charge in [-0.25, -0.2) is 4.39 Å². The highest BCUT2D eigenvalue weighted by molar-refractivity contribution is 4.93.